The molecule has 6 heteroatoms. The van der Waals surface area contributed by atoms with E-state index in [1.807, 2.05) is 12.1 Å². The summed E-state index contributed by atoms with van der Waals surface area (Å²) < 4.78 is 7.17. The number of rotatable bonds is 4. The molecule has 28 heavy (non-hydrogen) atoms. The van der Waals surface area contributed by atoms with Crippen LogP contribution in [0.4, 0.5) is 0 Å². The van der Waals surface area contributed by atoms with Crippen molar-refractivity contribution in [2.75, 3.05) is 0 Å². The molecule has 0 atom stereocenters. The van der Waals surface area contributed by atoms with Gasteiger partial charge in [-0.3, -0.25) is 9.59 Å². The lowest BCUT2D eigenvalue weighted by atomic mass is 9.86. The Labute approximate surface area is 177 Å². The third-order valence-corrected chi connectivity index (χ3v) is 11.6. The third-order valence-electron chi connectivity index (χ3n) is 5.70. The zero-order valence-corrected chi connectivity index (χ0v) is 20.1. The van der Waals surface area contributed by atoms with Crippen molar-refractivity contribution >= 4 is 42.8 Å². The lowest BCUT2D eigenvalue weighted by molar-refractivity contribution is 0.0817. The molecule has 150 valence electrons. The smallest absolute Gasteiger partial charge is 0.244 e. The van der Waals surface area contributed by atoms with Crippen LogP contribution in [0.1, 0.15) is 60.2 Å². The predicted octanol–water partition coefficient (Wildman–Crippen LogP) is 6.79. The molecule has 0 saturated heterocycles. The summed E-state index contributed by atoms with van der Waals surface area (Å²) in [5.41, 5.74) is 2.76. The van der Waals surface area contributed by atoms with Crippen LogP contribution in [0.3, 0.4) is 0 Å². The molecule has 0 amide bonds. The summed E-state index contributed by atoms with van der Waals surface area (Å²) in [6, 6.07) is 7.49. The molecule has 0 unspecified atom stereocenters. The topological polar surface area (TPSA) is 43.4 Å². The average molecular weight is 435 g/mol. The number of fused-ring (bicyclic) bond motifs is 3. The number of ketones is 2. The van der Waals surface area contributed by atoms with E-state index in [1.165, 1.54) is 11.3 Å². The summed E-state index contributed by atoms with van der Waals surface area (Å²) in [6.07, 6.45) is 0.724. The Kier molecular flexibility index (Phi) is 5.29. The van der Waals surface area contributed by atoms with Gasteiger partial charge < -0.3 is 4.43 Å². The Morgan fingerprint density at radius 1 is 0.964 bits per heavy atom. The van der Waals surface area contributed by atoms with E-state index >= 15 is 0 Å². The molecular formula is C22H27ClO3SSi. The van der Waals surface area contributed by atoms with Crippen LogP contribution in [0.15, 0.2) is 24.3 Å². The highest BCUT2D eigenvalue weighted by Crippen LogP contribution is 2.42. The Bertz CT molecular complexity index is 967. The number of Topliss-reactive ketones (excluding diaryl/α,β-unsaturated/α-hetero) is 2. The lowest BCUT2D eigenvalue weighted by Gasteiger charge is -2.43. The molecule has 0 spiro atoms. The van der Waals surface area contributed by atoms with Crippen LogP contribution in [0.2, 0.25) is 22.5 Å². The molecule has 0 bridgehead atoms. The van der Waals surface area contributed by atoms with Crippen molar-refractivity contribution in [2.45, 2.75) is 64.8 Å². The maximum absolute atomic E-state index is 12.5. The van der Waals surface area contributed by atoms with Gasteiger partial charge in [0.1, 0.15) is 0 Å². The molecule has 1 heterocycles. The quantitative estimate of drug-likeness (QED) is 0.393. The molecule has 0 aliphatic heterocycles. The standard InChI is InChI=1S/C22H27ClO3SSi/c1-21(2,3)28(6,7)26-22(4,5)12-13-8-9-14-15(10-13)16-11-17(23)27-20(16)19(25)18(14)24/h8-11H,12H2,1-7H3. The summed E-state index contributed by atoms with van der Waals surface area (Å²) in [7, 11) is -1.91. The van der Waals surface area contributed by atoms with Gasteiger partial charge in [-0.2, -0.15) is 0 Å². The van der Waals surface area contributed by atoms with Gasteiger partial charge in [0.05, 0.1) is 14.8 Å². The van der Waals surface area contributed by atoms with E-state index in [4.69, 9.17) is 16.0 Å². The van der Waals surface area contributed by atoms with E-state index in [-0.39, 0.29) is 10.6 Å². The number of hydrogen-bond donors (Lipinski definition) is 0. The molecule has 3 nitrogen and oxygen atoms in total. The minimum atomic E-state index is -1.91. The number of halogens is 1. The third kappa shape index (κ3) is 3.90. The Hall–Kier alpha value is -1.27. The van der Waals surface area contributed by atoms with Gasteiger partial charge in [-0.05, 0) is 55.6 Å². The first-order valence-electron chi connectivity index (χ1n) is 9.44. The molecule has 1 aliphatic rings. The zero-order chi connectivity index (χ0) is 21.1. The first-order chi connectivity index (χ1) is 12.7. The Morgan fingerprint density at radius 3 is 2.21 bits per heavy atom. The number of hydrogen-bond acceptors (Lipinski definition) is 4. The fourth-order valence-electron chi connectivity index (χ4n) is 3.45. The molecule has 0 N–H and O–H groups in total. The van der Waals surface area contributed by atoms with Crippen molar-refractivity contribution in [3.8, 4) is 11.1 Å². The van der Waals surface area contributed by atoms with Gasteiger partial charge >= 0.3 is 0 Å². The number of carbonyl (C=O) groups is 2. The first kappa shape index (κ1) is 21.4. The van der Waals surface area contributed by atoms with Crippen molar-refractivity contribution < 1.29 is 14.0 Å². The SMILES string of the molecule is CC(C)(Cc1ccc2c(c1)-c1cc(Cl)sc1C(=O)C2=O)O[Si](C)(C)C(C)(C)C. The largest absolute Gasteiger partial charge is 0.412 e. The maximum Gasteiger partial charge on any atom is 0.244 e. The average Bonchev–Trinajstić information content (AvgIpc) is 2.92. The normalized spacial score (nSPS) is 14.9. The molecule has 3 rings (SSSR count). The molecule has 1 aliphatic carbocycles. The molecule has 1 aromatic carbocycles. The van der Waals surface area contributed by atoms with Gasteiger partial charge in [0, 0.05) is 11.1 Å². The van der Waals surface area contributed by atoms with Crippen molar-refractivity contribution in [1.29, 1.82) is 0 Å². The molecule has 0 fully saturated rings. The Morgan fingerprint density at radius 2 is 1.61 bits per heavy atom. The van der Waals surface area contributed by atoms with Crippen molar-refractivity contribution in [2.24, 2.45) is 0 Å². The summed E-state index contributed by atoms with van der Waals surface area (Å²) in [4.78, 5) is 25.3. The van der Waals surface area contributed by atoms with Crippen LogP contribution < -0.4 is 0 Å². The van der Waals surface area contributed by atoms with Crippen LogP contribution in [-0.2, 0) is 10.8 Å². The fourth-order valence-corrected chi connectivity index (χ4v) is 6.39. The molecule has 1 aromatic heterocycles. The summed E-state index contributed by atoms with van der Waals surface area (Å²) in [6.45, 7) is 15.5. The van der Waals surface area contributed by atoms with Crippen LogP contribution in [0.5, 0.6) is 0 Å². The van der Waals surface area contributed by atoms with Crippen LogP contribution in [-0.4, -0.2) is 25.5 Å². The Balaban J connectivity index is 1.95. The van der Waals surface area contributed by atoms with E-state index in [2.05, 4.69) is 47.7 Å². The molecular weight excluding hydrogens is 408 g/mol. The van der Waals surface area contributed by atoms with Crippen LogP contribution in [0.25, 0.3) is 11.1 Å². The first-order valence-corrected chi connectivity index (χ1v) is 13.5. The number of carbonyl (C=O) groups excluding carboxylic acids is 2. The lowest BCUT2D eigenvalue weighted by Crippen LogP contribution is -2.48. The second-order valence-corrected chi connectivity index (χ2v) is 16.0. The van der Waals surface area contributed by atoms with Crippen LogP contribution in [0, 0.1) is 0 Å². The van der Waals surface area contributed by atoms with Gasteiger partial charge in [-0.15, -0.1) is 11.3 Å². The minimum absolute atomic E-state index is 0.134. The van der Waals surface area contributed by atoms with E-state index in [0.717, 1.165) is 23.1 Å². The van der Waals surface area contributed by atoms with E-state index in [1.54, 1.807) is 12.1 Å². The van der Waals surface area contributed by atoms with Crippen molar-refractivity contribution in [3.05, 3.63) is 44.6 Å². The fraction of sp³-hybridized carbons (Fsp3) is 0.455. The molecule has 0 radical (unpaired) electrons. The van der Waals surface area contributed by atoms with Gasteiger partial charge in [-0.25, -0.2) is 0 Å². The van der Waals surface area contributed by atoms with E-state index in [0.29, 0.717) is 14.8 Å². The van der Waals surface area contributed by atoms with Crippen molar-refractivity contribution in [3.63, 3.8) is 0 Å². The predicted molar refractivity (Wildman–Crippen MR) is 119 cm³/mol. The van der Waals surface area contributed by atoms with Crippen LogP contribution >= 0.6 is 22.9 Å². The monoisotopic (exact) mass is 434 g/mol. The highest BCUT2D eigenvalue weighted by molar-refractivity contribution is 7.19. The zero-order valence-electron chi connectivity index (χ0n) is 17.5. The van der Waals surface area contributed by atoms with Gasteiger partial charge in [-0.1, -0.05) is 50.6 Å². The van der Waals surface area contributed by atoms with E-state index in [9.17, 15) is 9.59 Å². The maximum atomic E-state index is 12.5. The van der Waals surface area contributed by atoms with Gasteiger partial charge in [0.15, 0.2) is 8.32 Å². The van der Waals surface area contributed by atoms with E-state index < -0.39 is 19.9 Å². The highest BCUT2D eigenvalue weighted by atomic mass is 35.5. The summed E-state index contributed by atoms with van der Waals surface area (Å²) in [5.74, 6) is -0.918. The van der Waals surface area contributed by atoms with Gasteiger partial charge in [0.25, 0.3) is 0 Å². The minimum Gasteiger partial charge on any atom is -0.412 e. The second-order valence-electron chi connectivity index (χ2n) is 9.63. The number of thiophene rings is 1. The molecule has 0 saturated carbocycles. The summed E-state index contributed by atoms with van der Waals surface area (Å²) in [5, 5.41) is 0.134. The molecule has 2 aromatic rings. The van der Waals surface area contributed by atoms with Gasteiger partial charge in [0.2, 0.25) is 11.6 Å². The summed E-state index contributed by atoms with van der Waals surface area (Å²) >= 11 is 7.30. The van der Waals surface area contributed by atoms with Crippen molar-refractivity contribution in [1.82, 2.24) is 0 Å². The highest BCUT2D eigenvalue weighted by Gasteiger charge is 2.41. The number of benzene rings is 1. The second kappa shape index (κ2) is 6.91.